The summed E-state index contributed by atoms with van der Waals surface area (Å²) in [5.41, 5.74) is -0.0815. The fraction of sp³-hybridized carbons (Fsp3) is 0.500. The molecular weight excluding hydrogens is 324 g/mol. The van der Waals surface area contributed by atoms with Crippen LogP contribution in [0.25, 0.3) is 0 Å². The van der Waals surface area contributed by atoms with Crippen molar-refractivity contribution < 1.29 is 32.6 Å². The van der Waals surface area contributed by atoms with Gasteiger partial charge in [-0.3, -0.25) is 0 Å². The molecule has 8 heteroatoms. The van der Waals surface area contributed by atoms with Gasteiger partial charge in [0.05, 0.1) is 7.11 Å². The molecule has 134 valence electrons. The van der Waals surface area contributed by atoms with E-state index in [2.05, 4.69) is 14.8 Å². The van der Waals surface area contributed by atoms with Gasteiger partial charge in [0.15, 0.2) is 0 Å². The maximum atomic E-state index is 12.1. The molecule has 0 aromatic heterocycles. The van der Waals surface area contributed by atoms with Gasteiger partial charge in [0.2, 0.25) is 0 Å². The maximum Gasteiger partial charge on any atom is 0.408 e. The highest BCUT2D eigenvalue weighted by atomic mass is 19.3. The van der Waals surface area contributed by atoms with Gasteiger partial charge in [-0.25, -0.2) is 9.59 Å². The first kappa shape index (κ1) is 19.7. The van der Waals surface area contributed by atoms with Gasteiger partial charge in [0.1, 0.15) is 17.4 Å². The monoisotopic (exact) mass is 345 g/mol. The minimum absolute atomic E-state index is 0.00321. The van der Waals surface area contributed by atoms with Crippen molar-refractivity contribution in [2.45, 2.75) is 45.4 Å². The van der Waals surface area contributed by atoms with Crippen LogP contribution in [0.4, 0.5) is 13.6 Å². The summed E-state index contributed by atoms with van der Waals surface area (Å²) in [6.45, 7) is 2.18. The molecule has 1 rings (SSSR count). The van der Waals surface area contributed by atoms with Crippen LogP contribution in [0.3, 0.4) is 0 Å². The molecule has 1 N–H and O–H groups in total. The van der Waals surface area contributed by atoms with Gasteiger partial charge in [-0.1, -0.05) is 12.1 Å². The Morgan fingerprint density at radius 2 is 1.75 bits per heavy atom. The van der Waals surface area contributed by atoms with Crippen LogP contribution in [0.15, 0.2) is 24.3 Å². The number of carbonyl (C=O) groups is 2. The minimum Gasteiger partial charge on any atom is -0.467 e. The van der Waals surface area contributed by atoms with Crippen molar-refractivity contribution in [1.82, 2.24) is 5.32 Å². The van der Waals surface area contributed by atoms with Gasteiger partial charge in [0.25, 0.3) is 0 Å². The van der Waals surface area contributed by atoms with Crippen molar-refractivity contribution in [3.8, 4) is 5.75 Å². The molecule has 0 aliphatic rings. The smallest absolute Gasteiger partial charge is 0.408 e. The number of halogens is 2. The predicted molar refractivity (Wildman–Crippen MR) is 82.0 cm³/mol. The van der Waals surface area contributed by atoms with E-state index in [4.69, 9.17) is 4.74 Å². The number of amides is 1. The number of esters is 1. The molecule has 0 fully saturated rings. The third-order valence-corrected chi connectivity index (χ3v) is 2.77. The van der Waals surface area contributed by atoms with E-state index in [1.807, 2.05) is 0 Å². The van der Waals surface area contributed by atoms with Crippen LogP contribution in [-0.4, -0.2) is 37.4 Å². The van der Waals surface area contributed by atoms with Crippen molar-refractivity contribution in [2.75, 3.05) is 7.11 Å². The molecule has 0 saturated heterocycles. The van der Waals surface area contributed by atoms with Crippen LogP contribution in [0.5, 0.6) is 5.75 Å². The Morgan fingerprint density at radius 1 is 1.17 bits per heavy atom. The topological polar surface area (TPSA) is 73.9 Å². The molecular formula is C16H21F2NO5. The van der Waals surface area contributed by atoms with Crippen molar-refractivity contribution in [3.05, 3.63) is 29.8 Å². The highest BCUT2D eigenvalue weighted by molar-refractivity contribution is 5.81. The number of hydrogen-bond acceptors (Lipinski definition) is 5. The highest BCUT2D eigenvalue weighted by Gasteiger charge is 2.25. The van der Waals surface area contributed by atoms with E-state index in [0.717, 1.165) is 0 Å². The van der Waals surface area contributed by atoms with Crippen LogP contribution in [-0.2, 0) is 20.7 Å². The van der Waals surface area contributed by atoms with Crippen LogP contribution in [0.1, 0.15) is 26.3 Å². The summed E-state index contributed by atoms with van der Waals surface area (Å²) in [6.07, 6.45) is -0.642. The first-order valence-electron chi connectivity index (χ1n) is 7.22. The second-order valence-electron chi connectivity index (χ2n) is 5.95. The Kier molecular flexibility index (Phi) is 6.94. The predicted octanol–water partition coefficient (Wildman–Crippen LogP) is 2.90. The molecule has 0 spiro atoms. The van der Waals surface area contributed by atoms with Gasteiger partial charge >= 0.3 is 18.7 Å². The lowest BCUT2D eigenvalue weighted by Crippen LogP contribution is -2.45. The molecule has 1 aromatic rings. The number of benzene rings is 1. The van der Waals surface area contributed by atoms with E-state index in [0.29, 0.717) is 5.56 Å². The molecule has 6 nitrogen and oxygen atoms in total. The summed E-state index contributed by atoms with van der Waals surface area (Å²) >= 11 is 0. The van der Waals surface area contributed by atoms with Crippen LogP contribution < -0.4 is 10.1 Å². The van der Waals surface area contributed by atoms with Gasteiger partial charge < -0.3 is 19.5 Å². The first-order chi connectivity index (χ1) is 11.1. The Bertz CT molecular complexity index is 555. The maximum absolute atomic E-state index is 12.1. The lowest BCUT2D eigenvalue weighted by atomic mass is 10.1. The van der Waals surface area contributed by atoms with Gasteiger partial charge in [0, 0.05) is 6.42 Å². The third kappa shape index (κ3) is 7.26. The van der Waals surface area contributed by atoms with E-state index < -0.39 is 30.3 Å². The van der Waals surface area contributed by atoms with E-state index in [1.165, 1.54) is 31.4 Å². The van der Waals surface area contributed by atoms with E-state index in [9.17, 15) is 18.4 Å². The van der Waals surface area contributed by atoms with Crippen LogP contribution >= 0.6 is 0 Å². The number of rotatable bonds is 6. The van der Waals surface area contributed by atoms with Crippen molar-refractivity contribution in [1.29, 1.82) is 0 Å². The van der Waals surface area contributed by atoms with Crippen molar-refractivity contribution in [3.63, 3.8) is 0 Å². The molecule has 1 amide bonds. The Morgan fingerprint density at radius 3 is 2.21 bits per heavy atom. The SMILES string of the molecule is COC(=O)[C@@H](Cc1ccc(OC(F)F)cc1)NC(=O)OC(C)(C)C. The van der Waals surface area contributed by atoms with Crippen LogP contribution in [0.2, 0.25) is 0 Å². The fourth-order valence-electron chi connectivity index (χ4n) is 1.83. The number of carbonyl (C=O) groups excluding carboxylic acids is 2. The Hall–Kier alpha value is -2.38. The molecule has 1 atom stereocenters. The summed E-state index contributed by atoms with van der Waals surface area (Å²) in [5, 5.41) is 2.43. The summed E-state index contributed by atoms with van der Waals surface area (Å²) in [6, 6.07) is 4.77. The lowest BCUT2D eigenvalue weighted by molar-refractivity contribution is -0.143. The second kappa shape index (κ2) is 8.47. The van der Waals surface area contributed by atoms with Crippen molar-refractivity contribution >= 4 is 12.1 Å². The van der Waals surface area contributed by atoms with Gasteiger partial charge in [-0.05, 0) is 38.5 Å². The molecule has 0 radical (unpaired) electrons. The minimum atomic E-state index is -2.91. The molecule has 0 aliphatic carbocycles. The molecule has 0 heterocycles. The third-order valence-electron chi connectivity index (χ3n) is 2.77. The molecule has 0 aliphatic heterocycles. The van der Waals surface area contributed by atoms with Gasteiger partial charge in [-0.2, -0.15) is 8.78 Å². The first-order valence-corrected chi connectivity index (χ1v) is 7.22. The quantitative estimate of drug-likeness (QED) is 0.803. The van der Waals surface area contributed by atoms with E-state index in [1.54, 1.807) is 20.8 Å². The summed E-state index contributed by atoms with van der Waals surface area (Å²) in [4.78, 5) is 23.6. The second-order valence-corrected chi connectivity index (χ2v) is 5.95. The number of alkyl halides is 2. The molecule has 1 aromatic carbocycles. The van der Waals surface area contributed by atoms with Crippen LogP contribution in [0, 0.1) is 0 Å². The lowest BCUT2D eigenvalue weighted by Gasteiger charge is -2.22. The van der Waals surface area contributed by atoms with Gasteiger partial charge in [-0.15, -0.1) is 0 Å². The summed E-state index contributed by atoms with van der Waals surface area (Å²) < 4.78 is 38.2. The molecule has 24 heavy (non-hydrogen) atoms. The molecule has 0 bridgehead atoms. The fourth-order valence-corrected chi connectivity index (χ4v) is 1.83. The average Bonchev–Trinajstić information content (AvgIpc) is 2.45. The zero-order valence-corrected chi connectivity index (χ0v) is 14.0. The molecule has 0 unspecified atom stereocenters. The number of methoxy groups -OCH3 is 1. The standard InChI is InChI=1S/C16H21F2NO5/c1-16(2,3)24-15(21)19-12(13(20)22-4)9-10-5-7-11(8-6-10)23-14(17)18/h5-8,12,14H,9H2,1-4H3,(H,19,21)/t12-/m1/s1. The average molecular weight is 345 g/mol. The Balaban J connectivity index is 2.75. The summed E-state index contributed by atoms with van der Waals surface area (Å²) in [5.74, 6) is -0.641. The number of nitrogens with one attached hydrogen (secondary N) is 1. The largest absolute Gasteiger partial charge is 0.467 e. The van der Waals surface area contributed by atoms with E-state index >= 15 is 0 Å². The number of hydrogen-bond donors (Lipinski definition) is 1. The normalized spacial score (nSPS) is 12.5. The number of alkyl carbamates (subject to hydrolysis) is 1. The molecule has 0 saturated carbocycles. The number of ether oxygens (including phenoxy) is 3. The van der Waals surface area contributed by atoms with E-state index in [-0.39, 0.29) is 12.2 Å². The zero-order chi connectivity index (χ0) is 18.3. The zero-order valence-electron chi connectivity index (χ0n) is 14.0. The summed E-state index contributed by atoms with van der Waals surface area (Å²) in [7, 11) is 1.20. The Labute approximate surface area is 139 Å². The van der Waals surface area contributed by atoms with Crippen molar-refractivity contribution in [2.24, 2.45) is 0 Å². The highest BCUT2D eigenvalue weighted by Crippen LogP contribution is 2.16.